The number of carbonyl (C=O) groups excluding carboxylic acids is 1. The first-order valence-corrected chi connectivity index (χ1v) is 8.52. The van der Waals surface area contributed by atoms with Gasteiger partial charge in [-0.1, -0.05) is 24.3 Å². The molecule has 0 spiro atoms. The van der Waals surface area contributed by atoms with Crippen LogP contribution in [-0.4, -0.2) is 22.3 Å². The molecule has 0 amide bonds. The highest BCUT2D eigenvalue weighted by atomic mass is 19.1. The van der Waals surface area contributed by atoms with Crippen molar-refractivity contribution in [2.24, 2.45) is 0 Å². The number of benzene rings is 2. The second-order valence-electron chi connectivity index (χ2n) is 6.30. The molecule has 126 valence electrons. The minimum absolute atomic E-state index is 0.0737. The van der Waals surface area contributed by atoms with Gasteiger partial charge >= 0.3 is 0 Å². The van der Waals surface area contributed by atoms with Crippen molar-refractivity contribution in [1.82, 2.24) is 9.97 Å². The SMILES string of the molecule is O=C1CNc2nc(CCCCc3cccc(F)c3)nc3cccc1c23. The Hall–Kier alpha value is -2.82. The average Bonchev–Trinajstić information content (AvgIpc) is 2.62. The van der Waals surface area contributed by atoms with Crippen LogP contribution in [0.15, 0.2) is 42.5 Å². The lowest BCUT2D eigenvalue weighted by atomic mass is 10.0. The van der Waals surface area contributed by atoms with Gasteiger partial charge in [0.1, 0.15) is 17.5 Å². The van der Waals surface area contributed by atoms with Gasteiger partial charge in [-0.2, -0.15) is 0 Å². The zero-order chi connectivity index (χ0) is 17.2. The fraction of sp³-hybridized carbons (Fsp3) is 0.250. The molecule has 0 unspecified atom stereocenters. The van der Waals surface area contributed by atoms with Crippen LogP contribution in [0.3, 0.4) is 0 Å². The predicted octanol–water partition coefficient (Wildman–Crippen LogP) is 3.94. The summed E-state index contributed by atoms with van der Waals surface area (Å²) in [5.74, 6) is 1.41. The minimum Gasteiger partial charge on any atom is -0.362 e. The van der Waals surface area contributed by atoms with Crippen LogP contribution in [0, 0.1) is 5.82 Å². The standard InChI is InChI=1S/C20H18FN3O/c21-14-7-3-6-13(11-14)5-1-2-10-18-23-16-9-4-8-15-17(25)12-22-20(24-18)19(15)16/h3-4,6-9,11H,1-2,5,10,12H2,(H,22,23,24). The molecule has 0 saturated heterocycles. The molecule has 2 heterocycles. The Morgan fingerprint density at radius 3 is 2.76 bits per heavy atom. The lowest BCUT2D eigenvalue weighted by Crippen LogP contribution is -2.21. The second kappa shape index (κ2) is 6.59. The Kier molecular flexibility index (Phi) is 4.14. The predicted molar refractivity (Wildman–Crippen MR) is 95.4 cm³/mol. The second-order valence-corrected chi connectivity index (χ2v) is 6.30. The zero-order valence-corrected chi connectivity index (χ0v) is 13.8. The smallest absolute Gasteiger partial charge is 0.182 e. The topological polar surface area (TPSA) is 54.9 Å². The van der Waals surface area contributed by atoms with E-state index < -0.39 is 0 Å². The number of nitrogens with one attached hydrogen (secondary N) is 1. The van der Waals surface area contributed by atoms with E-state index in [4.69, 9.17) is 0 Å². The van der Waals surface area contributed by atoms with E-state index in [1.54, 1.807) is 12.1 Å². The summed E-state index contributed by atoms with van der Waals surface area (Å²) in [5, 5.41) is 3.92. The molecule has 0 fully saturated rings. The molecule has 25 heavy (non-hydrogen) atoms. The Balaban J connectivity index is 1.47. The van der Waals surface area contributed by atoms with Gasteiger partial charge in [-0.15, -0.1) is 0 Å². The molecule has 1 aliphatic rings. The number of rotatable bonds is 5. The molecule has 0 radical (unpaired) electrons. The molecule has 5 heteroatoms. The summed E-state index contributed by atoms with van der Waals surface area (Å²) in [6, 6.07) is 12.3. The van der Waals surface area contributed by atoms with E-state index in [9.17, 15) is 9.18 Å². The maximum Gasteiger partial charge on any atom is 0.182 e. The van der Waals surface area contributed by atoms with Crippen LogP contribution >= 0.6 is 0 Å². The van der Waals surface area contributed by atoms with Crippen molar-refractivity contribution in [1.29, 1.82) is 0 Å². The lowest BCUT2D eigenvalue weighted by Gasteiger charge is -2.17. The number of unbranched alkanes of at least 4 members (excludes halogenated alkanes) is 1. The molecule has 0 saturated carbocycles. The molecule has 1 N–H and O–H groups in total. The van der Waals surface area contributed by atoms with Gasteiger partial charge < -0.3 is 5.32 Å². The number of aryl methyl sites for hydroxylation is 2. The van der Waals surface area contributed by atoms with Gasteiger partial charge in [0.05, 0.1) is 17.4 Å². The number of nitrogens with zero attached hydrogens (tertiary/aromatic N) is 2. The highest BCUT2D eigenvalue weighted by molar-refractivity contribution is 6.15. The molecule has 2 aromatic carbocycles. The van der Waals surface area contributed by atoms with E-state index in [2.05, 4.69) is 15.3 Å². The fourth-order valence-electron chi connectivity index (χ4n) is 3.27. The summed E-state index contributed by atoms with van der Waals surface area (Å²) in [7, 11) is 0. The van der Waals surface area contributed by atoms with E-state index in [1.165, 1.54) is 6.07 Å². The molecule has 4 nitrogen and oxygen atoms in total. The molecule has 0 bridgehead atoms. The quantitative estimate of drug-likeness (QED) is 0.718. The minimum atomic E-state index is -0.189. The van der Waals surface area contributed by atoms with Gasteiger partial charge in [-0.05, 0) is 43.0 Å². The molecule has 1 aliphatic heterocycles. The molecule has 4 rings (SSSR count). The van der Waals surface area contributed by atoms with Crippen molar-refractivity contribution >= 4 is 22.5 Å². The van der Waals surface area contributed by atoms with E-state index >= 15 is 0 Å². The third-order valence-corrected chi connectivity index (χ3v) is 4.49. The van der Waals surface area contributed by atoms with Crippen molar-refractivity contribution < 1.29 is 9.18 Å². The van der Waals surface area contributed by atoms with Gasteiger partial charge in [-0.25, -0.2) is 14.4 Å². The summed E-state index contributed by atoms with van der Waals surface area (Å²) >= 11 is 0. The molecule has 3 aromatic rings. The molecular formula is C20H18FN3O. The number of carbonyl (C=O) groups is 1. The van der Waals surface area contributed by atoms with Crippen molar-refractivity contribution in [3.8, 4) is 0 Å². The summed E-state index contributed by atoms with van der Waals surface area (Å²) < 4.78 is 13.2. The maximum absolute atomic E-state index is 13.2. The first-order valence-electron chi connectivity index (χ1n) is 8.52. The van der Waals surface area contributed by atoms with Crippen molar-refractivity contribution in [3.63, 3.8) is 0 Å². The van der Waals surface area contributed by atoms with Gasteiger partial charge in [-0.3, -0.25) is 4.79 Å². The summed E-state index contributed by atoms with van der Waals surface area (Å²) in [5.41, 5.74) is 2.52. The lowest BCUT2D eigenvalue weighted by molar-refractivity contribution is 0.101. The number of ketones is 1. The fourth-order valence-corrected chi connectivity index (χ4v) is 3.27. The van der Waals surface area contributed by atoms with Crippen molar-refractivity contribution in [2.75, 3.05) is 11.9 Å². The molecule has 0 atom stereocenters. The first kappa shape index (κ1) is 15.7. The Bertz CT molecular complexity index is 955. The monoisotopic (exact) mass is 335 g/mol. The van der Waals surface area contributed by atoms with E-state index in [0.29, 0.717) is 5.56 Å². The van der Waals surface area contributed by atoms with Crippen LogP contribution in [0.5, 0.6) is 0 Å². The number of hydrogen-bond donors (Lipinski definition) is 1. The average molecular weight is 335 g/mol. The van der Waals surface area contributed by atoms with Crippen LogP contribution < -0.4 is 5.32 Å². The number of hydrogen-bond acceptors (Lipinski definition) is 4. The number of aromatic nitrogens is 2. The summed E-state index contributed by atoms with van der Waals surface area (Å²) in [6.07, 6.45) is 3.49. The molecular weight excluding hydrogens is 317 g/mol. The van der Waals surface area contributed by atoms with Gasteiger partial charge in [0, 0.05) is 12.0 Å². The third kappa shape index (κ3) is 3.22. The van der Waals surface area contributed by atoms with Crippen molar-refractivity contribution in [2.45, 2.75) is 25.7 Å². The van der Waals surface area contributed by atoms with Crippen LogP contribution in [0.25, 0.3) is 10.9 Å². The largest absolute Gasteiger partial charge is 0.362 e. The van der Waals surface area contributed by atoms with Gasteiger partial charge in [0.15, 0.2) is 5.78 Å². The summed E-state index contributed by atoms with van der Waals surface area (Å²) in [6.45, 7) is 0.280. The number of halogens is 1. The Labute approximate surface area is 145 Å². The molecule has 1 aromatic heterocycles. The highest BCUT2D eigenvalue weighted by Crippen LogP contribution is 2.28. The number of anilines is 1. The normalized spacial score (nSPS) is 13.1. The van der Waals surface area contributed by atoms with E-state index in [1.807, 2.05) is 24.3 Å². The zero-order valence-electron chi connectivity index (χ0n) is 13.8. The van der Waals surface area contributed by atoms with Crippen molar-refractivity contribution in [3.05, 3.63) is 65.2 Å². The van der Waals surface area contributed by atoms with E-state index in [-0.39, 0.29) is 18.1 Å². The van der Waals surface area contributed by atoms with Crippen LogP contribution in [0.1, 0.15) is 34.6 Å². The third-order valence-electron chi connectivity index (χ3n) is 4.49. The highest BCUT2D eigenvalue weighted by Gasteiger charge is 2.20. The summed E-state index contributed by atoms with van der Waals surface area (Å²) in [4.78, 5) is 21.2. The Morgan fingerprint density at radius 1 is 1.04 bits per heavy atom. The first-order chi connectivity index (χ1) is 12.2. The van der Waals surface area contributed by atoms with Crippen LogP contribution in [0.2, 0.25) is 0 Å². The Morgan fingerprint density at radius 2 is 1.88 bits per heavy atom. The molecule has 0 aliphatic carbocycles. The number of Topliss-reactive ketones (excluding diaryl/α,β-unsaturated/α-hetero) is 1. The van der Waals surface area contributed by atoms with Crippen LogP contribution in [-0.2, 0) is 12.8 Å². The van der Waals surface area contributed by atoms with Gasteiger partial charge in [0.25, 0.3) is 0 Å². The van der Waals surface area contributed by atoms with Crippen LogP contribution in [0.4, 0.5) is 10.2 Å². The van der Waals surface area contributed by atoms with Gasteiger partial charge in [0.2, 0.25) is 0 Å². The van der Waals surface area contributed by atoms with E-state index in [0.717, 1.165) is 53.8 Å². The maximum atomic E-state index is 13.2.